The van der Waals surface area contributed by atoms with Crippen LogP contribution >= 0.6 is 11.8 Å². The maximum absolute atomic E-state index is 10.4. The third-order valence-electron chi connectivity index (χ3n) is 2.08. The molecule has 0 amide bonds. The molecule has 0 atom stereocenters. The van der Waals surface area contributed by atoms with Crippen molar-refractivity contribution in [1.29, 1.82) is 0 Å². The molecule has 0 aromatic carbocycles. The van der Waals surface area contributed by atoms with E-state index in [4.69, 9.17) is 9.84 Å². The van der Waals surface area contributed by atoms with Crippen molar-refractivity contribution < 1.29 is 14.6 Å². The third-order valence-corrected chi connectivity index (χ3v) is 2.91. The van der Waals surface area contributed by atoms with Crippen molar-refractivity contribution >= 4 is 17.7 Å². The second-order valence-corrected chi connectivity index (χ2v) is 4.29. The summed E-state index contributed by atoms with van der Waals surface area (Å²) in [7, 11) is 3.30. The van der Waals surface area contributed by atoms with Crippen LogP contribution in [-0.2, 0) is 11.8 Å². The van der Waals surface area contributed by atoms with E-state index in [0.29, 0.717) is 22.6 Å². The standard InChI is InChI=1S/C9H11N5O3S/c1-14-6(17-2)3-5(13-14)8-10-9(12-11-8)18-4-7(15)16/h3H,4H2,1-2H3,(H,15,16)(H,10,11,12). The van der Waals surface area contributed by atoms with Crippen molar-refractivity contribution in [3.05, 3.63) is 6.07 Å². The Labute approximate surface area is 106 Å². The number of carboxylic acid groups (broad SMARTS) is 1. The molecule has 2 rings (SSSR count). The highest BCUT2D eigenvalue weighted by Gasteiger charge is 2.12. The predicted molar refractivity (Wildman–Crippen MR) is 63.5 cm³/mol. The second-order valence-electron chi connectivity index (χ2n) is 3.34. The van der Waals surface area contributed by atoms with Crippen molar-refractivity contribution in [2.75, 3.05) is 12.9 Å². The summed E-state index contributed by atoms with van der Waals surface area (Å²) >= 11 is 1.04. The molecule has 0 unspecified atom stereocenters. The molecular weight excluding hydrogens is 258 g/mol. The number of ether oxygens (including phenoxy) is 1. The molecule has 8 nitrogen and oxygen atoms in total. The minimum absolute atomic E-state index is 0.0805. The summed E-state index contributed by atoms with van der Waals surface area (Å²) in [5.74, 6) is 0.0804. The van der Waals surface area contributed by atoms with Gasteiger partial charge in [-0.15, -0.1) is 5.10 Å². The molecule has 2 aromatic heterocycles. The van der Waals surface area contributed by atoms with E-state index in [1.165, 1.54) is 0 Å². The van der Waals surface area contributed by atoms with Gasteiger partial charge in [0.15, 0.2) is 5.82 Å². The Hall–Kier alpha value is -2.03. The molecule has 0 saturated heterocycles. The molecule has 0 radical (unpaired) electrons. The first-order chi connectivity index (χ1) is 8.60. The third kappa shape index (κ3) is 2.62. The van der Waals surface area contributed by atoms with Gasteiger partial charge in [-0.05, 0) is 0 Å². The molecule has 0 spiro atoms. The van der Waals surface area contributed by atoms with E-state index < -0.39 is 5.97 Å². The van der Waals surface area contributed by atoms with E-state index in [2.05, 4.69) is 20.3 Å². The molecule has 2 aromatic rings. The number of thioether (sulfide) groups is 1. The van der Waals surface area contributed by atoms with Crippen molar-refractivity contribution in [2.24, 2.45) is 7.05 Å². The Kier molecular flexibility index (Phi) is 3.51. The number of hydrogen-bond acceptors (Lipinski definition) is 6. The van der Waals surface area contributed by atoms with Crippen LogP contribution in [0.4, 0.5) is 0 Å². The molecule has 0 fully saturated rings. The van der Waals surface area contributed by atoms with Crippen molar-refractivity contribution in [3.63, 3.8) is 0 Å². The van der Waals surface area contributed by atoms with E-state index in [-0.39, 0.29) is 5.75 Å². The fourth-order valence-electron chi connectivity index (χ4n) is 1.31. The highest BCUT2D eigenvalue weighted by Crippen LogP contribution is 2.21. The molecule has 2 N–H and O–H groups in total. The van der Waals surface area contributed by atoms with Crippen LogP contribution in [0, 0.1) is 0 Å². The van der Waals surface area contributed by atoms with Gasteiger partial charge in [-0.1, -0.05) is 11.8 Å². The number of aliphatic carboxylic acids is 1. The Morgan fingerprint density at radius 3 is 3.06 bits per heavy atom. The Bertz CT molecular complexity index is 564. The first kappa shape index (κ1) is 12.4. The van der Waals surface area contributed by atoms with Gasteiger partial charge in [-0.3, -0.25) is 9.89 Å². The van der Waals surface area contributed by atoms with Gasteiger partial charge in [0, 0.05) is 13.1 Å². The average molecular weight is 269 g/mol. The number of hydrogen-bond donors (Lipinski definition) is 2. The zero-order chi connectivity index (χ0) is 13.1. The number of carbonyl (C=O) groups is 1. The van der Waals surface area contributed by atoms with Gasteiger partial charge in [0.2, 0.25) is 11.0 Å². The molecule has 9 heteroatoms. The maximum atomic E-state index is 10.4. The lowest BCUT2D eigenvalue weighted by Gasteiger charge is -1.95. The summed E-state index contributed by atoms with van der Waals surface area (Å²) < 4.78 is 6.66. The number of methoxy groups -OCH3 is 1. The highest BCUT2D eigenvalue weighted by molar-refractivity contribution is 7.99. The zero-order valence-corrected chi connectivity index (χ0v) is 10.6. The molecule has 18 heavy (non-hydrogen) atoms. The Morgan fingerprint density at radius 1 is 1.67 bits per heavy atom. The molecule has 0 aliphatic heterocycles. The molecule has 0 aliphatic rings. The topological polar surface area (TPSA) is 106 Å². The monoisotopic (exact) mass is 269 g/mol. The van der Waals surface area contributed by atoms with Gasteiger partial charge in [-0.2, -0.15) is 10.1 Å². The minimum atomic E-state index is -0.911. The summed E-state index contributed by atoms with van der Waals surface area (Å²) in [5.41, 5.74) is 0.587. The normalized spacial score (nSPS) is 10.6. The maximum Gasteiger partial charge on any atom is 0.313 e. The summed E-state index contributed by atoms with van der Waals surface area (Å²) in [5, 5.41) is 19.7. The number of carboxylic acids is 1. The number of H-pyrrole nitrogens is 1. The lowest BCUT2D eigenvalue weighted by atomic mass is 10.4. The molecule has 0 bridgehead atoms. The summed E-state index contributed by atoms with van der Waals surface area (Å²) in [4.78, 5) is 14.6. The summed E-state index contributed by atoms with van der Waals surface area (Å²) in [6, 6.07) is 1.71. The molecule has 2 heterocycles. The quantitative estimate of drug-likeness (QED) is 0.756. The molecule has 0 saturated carbocycles. The fraction of sp³-hybridized carbons (Fsp3) is 0.333. The predicted octanol–water partition coefficient (Wildman–Crippen LogP) is 0.390. The van der Waals surface area contributed by atoms with Gasteiger partial charge in [0.05, 0.1) is 12.9 Å². The minimum Gasteiger partial charge on any atom is -0.481 e. The molecule has 96 valence electrons. The van der Waals surface area contributed by atoms with E-state index in [1.807, 2.05) is 0 Å². The number of nitrogens with zero attached hydrogens (tertiary/aromatic N) is 4. The number of aryl methyl sites for hydroxylation is 1. The zero-order valence-electron chi connectivity index (χ0n) is 9.75. The van der Waals surface area contributed by atoms with E-state index >= 15 is 0 Å². The summed E-state index contributed by atoms with van der Waals surface area (Å²) in [6.07, 6.45) is 0. The van der Waals surface area contributed by atoms with Crippen LogP contribution in [0.1, 0.15) is 0 Å². The first-order valence-corrected chi connectivity index (χ1v) is 5.94. The van der Waals surface area contributed by atoms with Gasteiger partial charge in [0.1, 0.15) is 5.69 Å². The molecular formula is C9H11N5O3S. The van der Waals surface area contributed by atoms with Gasteiger partial charge >= 0.3 is 5.97 Å². The lowest BCUT2D eigenvalue weighted by molar-refractivity contribution is -0.133. The van der Waals surface area contributed by atoms with Crippen molar-refractivity contribution in [3.8, 4) is 17.4 Å². The second kappa shape index (κ2) is 5.08. The van der Waals surface area contributed by atoms with Crippen molar-refractivity contribution in [2.45, 2.75) is 5.16 Å². The Balaban J connectivity index is 2.15. The largest absolute Gasteiger partial charge is 0.481 e. The first-order valence-electron chi connectivity index (χ1n) is 4.95. The fourth-order valence-corrected chi connectivity index (χ4v) is 1.83. The van der Waals surface area contributed by atoms with Crippen LogP contribution in [0.25, 0.3) is 11.5 Å². The van der Waals surface area contributed by atoms with Crippen LogP contribution < -0.4 is 4.74 Å². The van der Waals surface area contributed by atoms with Gasteiger partial charge in [0.25, 0.3) is 0 Å². The number of aromatic amines is 1. The number of aromatic nitrogens is 5. The van der Waals surface area contributed by atoms with Crippen LogP contribution in [0.2, 0.25) is 0 Å². The highest BCUT2D eigenvalue weighted by atomic mass is 32.2. The average Bonchev–Trinajstić information content (AvgIpc) is 2.92. The van der Waals surface area contributed by atoms with E-state index in [9.17, 15) is 4.79 Å². The van der Waals surface area contributed by atoms with Crippen LogP contribution in [0.3, 0.4) is 0 Å². The summed E-state index contributed by atoms with van der Waals surface area (Å²) in [6.45, 7) is 0. The smallest absolute Gasteiger partial charge is 0.313 e. The van der Waals surface area contributed by atoms with Crippen LogP contribution in [0.5, 0.6) is 5.88 Å². The number of nitrogens with one attached hydrogen (secondary N) is 1. The lowest BCUT2D eigenvalue weighted by Crippen LogP contribution is -1.97. The van der Waals surface area contributed by atoms with Gasteiger partial charge < -0.3 is 9.84 Å². The van der Waals surface area contributed by atoms with Crippen molar-refractivity contribution in [1.82, 2.24) is 25.0 Å². The van der Waals surface area contributed by atoms with Gasteiger partial charge in [-0.25, -0.2) is 4.68 Å². The molecule has 0 aliphatic carbocycles. The number of rotatable bonds is 5. The van der Waals surface area contributed by atoms with E-state index in [1.54, 1.807) is 24.9 Å². The van der Waals surface area contributed by atoms with Crippen LogP contribution in [0.15, 0.2) is 11.2 Å². The van der Waals surface area contributed by atoms with Crippen LogP contribution in [-0.4, -0.2) is 48.9 Å². The Morgan fingerprint density at radius 2 is 2.44 bits per heavy atom. The van der Waals surface area contributed by atoms with E-state index in [0.717, 1.165) is 11.8 Å². The SMILES string of the molecule is COc1cc(-c2nc(SCC(=O)O)n[nH]2)nn1C.